The lowest BCUT2D eigenvalue weighted by atomic mass is 9.94. The zero-order valence-electron chi connectivity index (χ0n) is 11.1. The second-order valence-corrected chi connectivity index (χ2v) is 5.98. The average molecular weight is 287 g/mol. The van der Waals surface area contributed by atoms with Gasteiger partial charge < -0.3 is 5.32 Å². The Morgan fingerprint density at radius 3 is 2.90 bits per heavy atom. The Hall–Kier alpha value is -1.61. The molecule has 1 aliphatic carbocycles. The van der Waals surface area contributed by atoms with E-state index in [-0.39, 0.29) is 5.78 Å². The summed E-state index contributed by atoms with van der Waals surface area (Å²) in [4.78, 5) is 16.9. The fourth-order valence-corrected chi connectivity index (χ4v) is 3.56. The van der Waals surface area contributed by atoms with Crippen LogP contribution in [0.1, 0.15) is 40.9 Å². The van der Waals surface area contributed by atoms with Crippen molar-refractivity contribution in [1.82, 2.24) is 4.98 Å². The van der Waals surface area contributed by atoms with Gasteiger partial charge in [-0.05, 0) is 43.4 Å². The van der Waals surface area contributed by atoms with E-state index in [1.807, 2.05) is 6.07 Å². The molecule has 20 heavy (non-hydrogen) atoms. The minimum Gasteiger partial charge on any atom is -0.377 e. The summed E-state index contributed by atoms with van der Waals surface area (Å²) in [5.41, 5.74) is 5.10. The third kappa shape index (κ3) is 1.66. The van der Waals surface area contributed by atoms with Gasteiger partial charge in [0, 0.05) is 22.3 Å². The highest BCUT2D eigenvalue weighted by Crippen LogP contribution is 2.39. The minimum absolute atomic E-state index is 0.120. The summed E-state index contributed by atoms with van der Waals surface area (Å²) in [6.45, 7) is 0.375. The third-order valence-corrected chi connectivity index (χ3v) is 4.65. The molecule has 2 aliphatic rings. The Morgan fingerprint density at radius 2 is 2.00 bits per heavy atom. The predicted molar refractivity (Wildman–Crippen MR) is 80.8 cm³/mol. The van der Waals surface area contributed by atoms with Gasteiger partial charge in [0.05, 0.1) is 17.1 Å². The molecule has 102 valence electrons. The van der Waals surface area contributed by atoms with Crippen LogP contribution in [0.2, 0.25) is 5.02 Å². The fourth-order valence-electron chi connectivity index (χ4n) is 3.36. The van der Waals surface area contributed by atoms with Crippen LogP contribution >= 0.6 is 11.6 Å². The first-order valence-electron chi connectivity index (χ1n) is 7.17. The molecule has 1 aliphatic heterocycles. The number of fused-ring (bicyclic) bond motifs is 2. The first-order valence-corrected chi connectivity index (χ1v) is 7.54. The Labute approximate surface area is 122 Å². The van der Waals surface area contributed by atoms with Crippen molar-refractivity contribution < 1.29 is 4.79 Å². The molecule has 2 aromatic rings. The van der Waals surface area contributed by atoms with Gasteiger partial charge in [-0.1, -0.05) is 18.0 Å². The summed E-state index contributed by atoms with van der Waals surface area (Å²) in [7, 11) is 0. The lowest BCUT2D eigenvalue weighted by Crippen LogP contribution is -2.22. The number of rotatable bonds is 0. The number of halogens is 1. The van der Waals surface area contributed by atoms with Crippen LogP contribution in [0.15, 0.2) is 12.1 Å². The zero-order valence-corrected chi connectivity index (χ0v) is 11.9. The van der Waals surface area contributed by atoms with Crippen molar-refractivity contribution in [3.8, 4) is 0 Å². The van der Waals surface area contributed by atoms with Crippen molar-refractivity contribution in [3.05, 3.63) is 34.0 Å². The molecule has 0 bridgehead atoms. The predicted octanol–water partition coefficient (Wildman–Crippen LogP) is 3.77. The molecule has 0 spiro atoms. The fraction of sp³-hybridized carbons (Fsp3) is 0.375. The lowest BCUT2D eigenvalue weighted by Gasteiger charge is -2.23. The van der Waals surface area contributed by atoms with Crippen LogP contribution in [0.3, 0.4) is 0 Å². The van der Waals surface area contributed by atoms with Crippen molar-refractivity contribution in [2.45, 2.75) is 32.1 Å². The number of benzene rings is 1. The first kappa shape index (κ1) is 12.2. The topological polar surface area (TPSA) is 42.0 Å². The number of nitrogens with zero attached hydrogens (tertiary/aromatic N) is 1. The normalized spacial score (nSPS) is 17.6. The Balaban J connectivity index is 2.13. The van der Waals surface area contributed by atoms with Crippen LogP contribution in [0.25, 0.3) is 10.9 Å². The van der Waals surface area contributed by atoms with Gasteiger partial charge in [-0.25, -0.2) is 0 Å². The number of carbonyl (C=O) groups is 1. The Morgan fingerprint density at radius 1 is 1.15 bits per heavy atom. The summed E-state index contributed by atoms with van der Waals surface area (Å²) in [5, 5.41) is 4.87. The van der Waals surface area contributed by atoms with E-state index < -0.39 is 0 Å². The van der Waals surface area contributed by atoms with E-state index in [0.29, 0.717) is 11.6 Å². The van der Waals surface area contributed by atoms with Gasteiger partial charge in [0.25, 0.3) is 0 Å². The van der Waals surface area contributed by atoms with Crippen molar-refractivity contribution >= 4 is 34.0 Å². The SMILES string of the molecule is O=C1CNc2c3c(nc4c(Cl)ccc1c24)CCCCC3. The van der Waals surface area contributed by atoms with Crippen LogP contribution < -0.4 is 5.32 Å². The smallest absolute Gasteiger partial charge is 0.182 e. The highest BCUT2D eigenvalue weighted by Gasteiger charge is 2.25. The maximum Gasteiger partial charge on any atom is 0.182 e. The molecule has 1 N–H and O–H groups in total. The van der Waals surface area contributed by atoms with Gasteiger partial charge in [0.15, 0.2) is 5.78 Å². The molecule has 0 amide bonds. The van der Waals surface area contributed by atoms with Crippen LogP contribution in [0.4, 0.5) is 5.69 Å². The summed E-state index contributed by atoms with van der Waals surface area (Å²) in [6, 6.07) is 3.63. The summed E-state index contributed by atoms with van der Waals surface area (Å²) in [5.74, 6) is 0.120. The van der Waals surface area contributed by atoms with E-state index in [0.717, 1.165) is 40.7 Å². The van der Waals surface area contributed by atoms with Crippen LogP contribution in [0.5, 0.6) is 0 Å². The first-order chi connectivity index (χ1) is 9.75. The van der Waals surface area contributed by atoms with Crippen molar-refractivity contribution in [3.63, 3.8) is 0 Å². The van der Waals surface area contributed by atoms with Crippen molar-refractivity contribution in [1.29, 1.82) is 0 Å². The number of aromatic nitrogens is 1. The number of hydrogen-bond donors (Lipinski definition) is 1. The number of anilines is 1. The quantitative estimate of drug-likeness (QED) is 0.750. The number of hydrogen-bond acceptors (Lipinski definition) is 3. The monoisotopic (exact) mass is 286 g/mol. The second-order valence-electron chi connectivity index (χ2n) is 5.57. The molecule has 0 atom stereocenters. The van der Waals surface area contributed by atoms with Gasteiger partial charge in [0.2, 0.25) is 0 Å². The molecule has 0 fully saturated rings. The molecule has 4 heteroatoms. The van der Waals surface area contributed by atoms with Gasteiger partial charge in [-0.3, -0.25) is 9.78 Å². The number of Topliss-reactive ketones (excluding diaryl/α,β-unsaturated/α-hetero) is 1. The van der Waals surface area contributed by atoms with E-state index in [1.54, 1.807) is 6.07 Å². The molecule has 0 saturated carbocycles. The number of nitrogens with one attached hydrogen (secondary N) is 1. The number of carbonyl (C=O) groups excluding carboxylic acids is 1. The summed E-state index contributed by atoms with van der Waals surface area (Å²) in [6.07, 6.45) is 5.67. The molecule has 4 rings (SSSR count). The highest BCUT2D eigenvalue weighted by atomic mass is 35.5. The molecule has 1 aromatic carbocycles. The van der Waals surface area contributed by atoms with E-state index in [2.05, 4.69) is 5.32 Å². The molecule has 0 radical (unpaired) electrons. The van der Waals surface area contributed by atoms with Crippen LogP contribution in [-0.4, -0.2) is 17.3 Å². The third-order valence-electron chi connectivity index (χ3n) is 4.34. The summed E-state index contributed by atoms with van der Waals surface area (Å²) < 4.78 is 0. The van der Waals surface area contributed by atoms with Gasteiger partial charge in [-0.15, -0.1) is 0 Å². The Bertz CT molecular complexity index is 739. The standard InChI is InChI=1S/C16H15ClN2O/c17-11-7-6-10-13(20)8-18-15-9-4-2-1-3-5-12(9)19-16(11)14(10)15/h6-7,18H,1-5,8H2. The Kier molecular flexibility index (Phi) is 2.71. The van der Waals surface area contributed by atoms with Crippen LogP contribution in [-0.2, 0) is 12.8 Å². The molecular weight excluding hydrogens is 272 g/mol. The lowest BCUT2D eigenvalue weighted by molar-refractivity contribution is 0.101. The van der Waals surface area contributed by atoms with Crippen LogP contribution in [0, 0.1) is 0 Å². The zero-order chi connectivity index (χ0) is 13.7. The highest BCUT2D eigenvalue weighted by molar-refractivity contribution is 6.36. The molecule has 0 saturated heterocycles. The van der Waals surface area contributed by atoms with Gasteiger partial charge in [0.1, 0.15) is 0 Å². The molecule has 2 heterocycles. The summed E-state index contributed by atoms with van der Waals surface area (Å²) >= 11 is 6.31. The van der Waals surface area contributed by atoms with E-state index in [4.69, 9.17) is 16.6 Å². The molecule has 3 nitrogen and oxygen atoms in total. The molecule has 1 aromatic heterocycles. The van der Waals surface area contributed by atoms with Gasteiger partial charge >= 0.3 is 0 Å². The van der Waals surface area contributed by atoms with E-state index in [1.165, 1.54) is 24.8 Å². The van der Waals surface area contributed by atoms with Crippen molar-refractivity contribution in [2.75, 3.05) is 11.9 Å². The van der Waals surface area contributed by atoms with Crippen molar-refractivity contribution in [2.24, 2.45) is 0 Å². The second kappa shape index (κ2) is 4.45. The average Bonchev–Trinajstić information content (AvgIpc) is 2.69. The largest absolute Gasteiger partial charge is 0.377 e. The molecule has 0 unspecified atom stereocenters. The number of pyridine rings is 1. The maximum atomic E-state index is 12.1. The van der Waals surface area contributed by atoms with Gasteiger partial charge in [-0.2, -0.15) is 0 Å². The number of aryl methyl sites for hydroxylation is 1. The molecular formula is C16H15ClN2O. The van der Waals surface area contributed by atoms with E-state index >= 15 is 0 Å². The van der Waals surface area contributed by atoms with E-state index in [9.17, 15) is 4.79 Å². The number of ketones is 1. The maximum absolute atomic E-state index is 12.1. The minimum atomic E-state index is 0.120.